The van der Waals surface area contributed by atoms with Gasteiger partial charge in [0.05, 0.1) is 6.61 Å². The fourth-order valence-electron chi connectivity index (χ4n) is 4.89. The summed E-state index contributed by atoms with van der Waals surface area (Å²) in [7, 11) is 0. The van der Waals surface area contributed by atoms with Gasteiger partial charge in [0, 0.05) is 12.8 Å². The SMILES string of the molecule is C=C/C=C/CCCCCCCC(=O)OCC(CO)OC(=O)CCCCCCCC/C=C(C)/C=C\CCCCCCCCC. The van der Waals surface area contributed by atoms with E-state index in [-0.39, 0.29) is 25.2 Å². The molecule has 0 radical (unpaired) electrons. The molecule has 1 N–H and O–H groups in total. The first kappa shape index (κ1) is 40.9. The van der Waals surface area contributed by atoms with Gasteiger partial charge in [-0.15, -0.1) is 0 Å². The van der Waals surface area contributed by atoms with Gasteiger partial charge in [-0.1, -0.05) is 139 Å². The van der Waals surface area contributed by atoms with Crippen molar-refractivity contribution in [2.24, 2.45) is 0 Å². The number of carbonyl (C=O) groups excluding carboxylic acids is 2. The van der Waals surface area contributed by atoms with Crippen molar-refractivity contribution >= 4 is 11.9 Å². The highest BCUT2D eigenvalue weighted by Crippen LogP contribution is 2.13. The predicted molar refractivity (Wildman–Crippen MR) is 182 cm³/mol. The van der Waals surface area contributed by atoms with E-state index >= 15 is 0 Å². The standard InChI is InChI=1S/C38H66O5/c1-4-6-8-10-12-14-17-21-25-29-35(3)30-26-22-18-16-20-24-28-32-38(41)43-36(33-39)34-42-37(40)31-27-23-19-15-13-11-9-7-5-2/h5,7,9,25,29-30,36,39H,2,4,6,8,10-24,26-28,31-34H2,1,3H3/b9-7+,29-25-,35-30+. The molecule has 1 unspecified atom stereocenters. The number of aliphatic hydroxyl groups is 1. The van der Waals surface area contributed by atoms with Crippen LogP contribution in [0.4, 0.5) is 0 Å². The van der Waals surface area contributed by atoms with Crippen LogP contribution in [0.1, 0.15) is 162 Å². The molecule has 1 atom stereocenters. The van der Waals surface area contributed by atoms with E-state index in [1.807, 2.05) is 6.08 Å². The number of unbranched alkanes of at least 4 members (excludes halogenated alkanes) is 18. The summed E-state index contributed by atoms with van der Waals surface area (Å²) in [5.74, 6) is -0.636. The molecule has 0 saturated carbocycles. The summed E-state index contributed by atoms with van der Waals surface area (Å²) >= 11 is 0. The normalized spacial score (nSPS) is 12.7. The molecule has 0 bridgehead atoms. The van der Waals surface area contributed by atoms with Crippen molar-refractivity contribution in [3.63, 3.8) is 0 Å². The molecule has 5 heteroatoms. The van der Waals surface area contributed by atoms with Crippen molar-refractivity contribution < 1.29 is 24.2 Å². The Morgan fingerprint density at radius 1 is 0.698 bits per heavy atom. The summed E-state index contributed by atoms with van der Waals surface area (Å²) in [4.78, 5) is 24.1. The lowest BCUT2D eigenvalue weighted by molar-refractivity contribution is -0.161. The number of ether oxygens (including phenoxy) is 2. The Kier molecular flexibility index (Phi) is 31.1. The van der Waals surface area contributed by atoms with E-state index in [9.17, 15) is 14.7 Å². The van der Waals surface area contributed by atoms with Gasteiger partial charge in [-0.3, -0.25) is 9.59 Å². The Bertz CT molecular complexity index is 751. The minimum absolute atomic E-state index is 0.0837. The molecule has 0 aliphatic rings. The van der Waals surface area contributed by atoms with Crippen LogP contribution in [0.25, 0.3) is 0 Å². The Labute approximate surface area is 265 Å². The Morgan fingerprint density at radius 3 is 1.79 bits per heavy atom. The van der Waals surface area contributed by atoms with Crippen LogP contribution < -0.4 is 0 Å². The molecule has 0 aliphatic heterocycles. The zero-order valence-corrected chi connectivity index (χ0v) is 28.0. The molecule has 0 saturated heterocycles. The van der Waals surface area contributed by atoms with E-state index in [0.717, 1.165) is 64.2 Å². The third-order valence-electron chi connectivity index (χ3n) is 7.61. The zero-order valence-electron chi connectivity index (χ0n) is 28.0. The van der Waals surface area contributed by atoms with E-state index in [1.54, 1.807) is 6.08 Å². The quantitative estimate of drug-likeness (QED) is 0.0485. The van der Waals surface area contributed by atoms with Crippen molar-refractivity contribution in [1.82, 2.24) is 0 Å². The number of aliphatic hydroxyl groups excluding tert-OH is 1. The van der Waals surface area contributed by atoms with Gasteiger partial charge >= 0.3 is 11.9 Å². The first-order valence-corrected chi connectivity index (χ1v) is 17.6. The van der Waals surface area contributed by atoms with E-state index in [1.165, 1.54) is 76.2 Å². The fraction of sp³-hybridized carbons (Fsp3) is 0.737. The summed E-state index contributed by atoms with van der Waals surface area (Å²) in [5.41, 5.74) is 1.37. The second-order valence-corrected chi connectivity index (χ2v) is 11.9. The second-order valence-electron chi connectivity index (χ2n) is 11.9. The van der Waals surface area contributed by atoms with Crippen LogP contribution in [0.15, 0.2) is 48.6 Å². The number of allylic oxidation sites excluding steroid dienone is 7. The van der Waals surface area contributed by atoms with Crippen molar-refractivity contribution in [3.05, 3.63) is 48.6 Å². The number of esters is 2. The van der Waals surface area contributed by atoms with E-state index < -0.39 is 6.10 Å². The lowest BCUT2D eigenvalue weighted by Crippen LogP contribution is -2.28. The van der Waals surface area contributed by atoms with Crippen molar-refractivity contribution in [1.29, 1.82) is 0 Å². The molecule has 0 fully saturated rings. The summed E-state index contributed by atoms with van der Waals surface area (Å²) in [6, 6.07) is 0. The molecule has 0 amide bonds. The van der Waals surface area contributed by atoms with Gasteiger partial charge < -0.3 is 14.6 Å². The van der Waals surface area contributed by atoms with Gasteiger partial charge in [0.1, 0.15) is 6.61 Å². The third kappa shape index (κ3) is 31.1. The predicted octanol–water partition coefficient (Wildman–Crippen LogP) is 10.7. The summed E-state index contributed by atoms with van der Waals surface area (Å²) in [5, 5.41) is 9.50. The number of carbonyl (C=O) groups is 2. The molecule has 0 aromatic rings. The number of hydrogen-bond donors (Lipinski definition) is 1. The Morgan fingerprint density at radius 2 is 1.21 bits per heavy atom. The molecule has 5 nitrogen and oxygen atoms in total. The average Bonchev–Trinajstić information content (AvgIpc) is 3.00. The van der Waals surface area contributed by atoms with Gasteiger partial charge in [0.2, 0.25) is 0 Å². The van der Waals surface area contributed by atoms with Crippen LogP contribution >= 0.6 is 0 Å². The first-order chi connectivity index (χ1) is 21.0. The number of hydrogen-bond acceptors (Lipinski definition) is 5. The highest BCUT2D eigenvalue weighted by molar-refractivity contribution is 5.70. The van der Waals surface area contributed by atoms with Crippen molar-refractivity contribution in [2.45, 2.75) is 168 Å². The third-order valence-corrected chi connectivity index (χ3v) is 7.61. The maximum Gasteiger partial charge on any atom is 0.306 e. The molecule has 0 spiro atoms. The second kappa shape index (κ2) is 32.8. The lowest BCUT2D eigenvalue weighted by atomic mass is 10.1. The van der Waals surface area contributed by atoms with E-state index in [4.69, 9.17) is 9.47 Å². The Balaban J connectivity index is 3.69. The minimum Gasteiger partial charge on any atom is -0.462 e. The van der Waals surface area contributed by atoms with Gasteiger partial charge in [-0.2, -0.15) is 0 Å². The minimum atomic E-state index is -0.785. The van der Waals surface area contributed by atoms with Gasteiger partial charge in [-0.25, -0.2) is 0 Å². The monoisotopic (exact) mass is 602 g/mol. The van der Waals surface area contributed by atoms with Crippen LogP contribution in [0.5, 0.6) is 0 Å². The molecule has 248 valence electrons. The zero-order chi connectivity index (χ0) is 31.6. The van der Waals surface area contributed by atoms with Crippen LogP contribution in [-0.4, -0.2) is 36.4 Å². The summed E-state index contributed by atoms with van der Waals surface area (Å²) in [6.07, 6.45) is 37.3. The highest BCUT2D eigenvalue weighted by Gasteiger charge is 2.16. The van der Waals surface area contributed by atoms with Crippen molar-refractivity contribution in [2.75, 3.05) is 13.2 Å². The fourth-order valence-corrected chi connectivity index (χ4v) is 4.89. The maximum atomic E-state index is 12.1. The molecular weight excluding hydrogens is 536 g/mol. The van der Waals surface area contributed by atoms with Gasteiger partial charge in [-0.05, 0) is 58.3 Å². The van der Waals surface area contributed by atoms with Crippen LogP contribution in [0.2, 0.25) is 0 Å². The highest BCUT2D eigenvalue weighted by atomic mass is 16.6. The lowest BCUT2D eigenvalue weighted by Gasteiger charge is -2.15. The molecule has 0 aromatic heterocycles. The van der Waals surface area contributed by atoms with Gasteiger partial charge in [0.15, 0.2) is 6.10 Å². The van der Waals surface area contributed by atoms with Crippen LogP contribution in [-0.2, 0) is 19.1 Å². The smallest absolute Gasteiger partial charge is 0.306 e. The van der Waals surface area contributed by atoms with Crippen LogP contribution in [0.3, 0.4) is 0 Å². The molecule has 0 rings (SSSR count). The van der Waals surface area contributed by atoms with E-state index in [2.05, 4.69) is 44.7 Å². The Hall–Kier alpha value is -2.14. The first-order valence-electron chi connectivity index (χ1n) is 17.6. The summed E-state index contributed by atoms with van der Waals surface area (Å²) in [6.45, 7) is 7.69. The molecule has 43 heavy (non-hydrogen) atoms. The summed E-state index contributed by atoms with van der Waals surface area (Å²) < 4.78 is 10.5. The molecular formula is C38H66O5. The largest absolute Gasteiger partial charge is 0.462 e. The average molecular weight is 603 g/mol. The molecule has 0 aliphatic carbocycles. The maximum absolute atomic E-state index is 12.1. The number of rotatable bonds is 31. The molecule has 0 aromatic carbocycles. The van der Waals surface area contributed by atoms with E-state index in [0.29, 0.717) is 12.8 Å². The van der Waals surface area contributed by atoms with Crippen LogP contribution in [0, 0.1) is 0 Å². The van der Waals surface area contributed by atoms with Crippen molar-refractivity contribution in [3.8, 4) is 0 Å². The topological polar surface area (TPSA) is 72.8 Å². The molecule has 0 heterocycles. The van der Waals surface area contributed by atoms with Gasteiger partial charge in [0.25, 0.3) is 0 Å².